The summed E-state index contributed by atoms with van der Waals surface area (Å²) in [5, 5.41) is 10.9. The van der Waals surface area contributed by atoms with Crippen molar-refractivity contribution in [2.75, 3.05) is 44.1 Å². The van der Waals surface area contributed by atoms with Gasteiger partial charge in [0.15, 0.2) is 5.54 Å². The molecular formula is C15H19N3O4S. The summed E-state index contributed by atoms with van der Waals surface area (Å²) in [6, 6.07) is 1.69. The fraction of sp³-hybridized carbons (Fsp3) is 0.533. The second-order valence-corrected chi connectivity index (χ2v) is 6.60. The van der Waals surface area contributed by atoms with Crippen molar-refractivity contribution < 1.29 is 19.4 Å². The Kier molecular flexibility index (Phi) is 4.45. The largest absolute Gasteiger partial charge is 0.506 e. The van der Waals surface area contributed by atoms with E-state index in [0.717, 1.165) is 18.8 Å². The van der Waals surface area contributed by atoms with Crippen LogP contribution in [0, 0.1) is 0 Å². The number of ether oxygens (including phenoxy) is 2. The summed E-state index contributed by atoms with van der Waals surface area (Å²) < 4.78 is 10.1. The molecular weight excluding hydrogens is 318 g/mol. The molecule has 0 unspecified atom stereocenters. The highest BCUT2D eigenvalue weighted by molar-refractivity contribution is 8.14. The molecule has 1 N–H and O–H groups in total. The third-order valence-corrected chi connectivity index (χ3v) is 5.16. The molecule has 1 aromatic rings. The standard InChI is InChI=1S/C15H19N3O4S/c1-15(14(20)21-2)9-23-13(17-15)12-11(19)7-10(8-16-12)18-3-5-22-6-4-18/h7-8,19H,3-6,9H2,1-2H3/t15-/m1/s1. The normalized spacial score (nSPS) is 24.4. The molecule has 0 radical (unpaired) electrons. The number of carbonyl (C=O) groups is 1. The van der Waals surface area contributed by atoms with Crippen LogP contribution in [-0.4, -0.2) is 65.8 Å². The summed E-state index contributed by atoms with van der Waals surface area (Å²) in [6.45, 7) is 4.61. The molecule has 0 bridgehead atoms. The Morgan fingerprint density at radius 2 is 2.22 bits per heavy atom. The SMILES string of the molecule is COC(=O)[C@@]1(C)CSC(c2ncc(N3CCOCC3)cc2O)=N1. The molecule has 0 saturated carbocycles. The average molecular weight is 337 g/mol. The van der Waals surface area contributed by atoms with Crippen LogP contribution in [0.4, 0.5) is 5.69 Å². The lowest BCUT2D eigenvalue weighted by Gasteiger charge is -2.28. The number of hydrogen-bond donors (Lipinski definition) is 1. The van der Waals surface area contributed by atoms with Crippen LogP contribution < -0.4 is 4.90 Å². The number of aromatic nitrogens is 1. The molecule has 3 heterocycles. The molecule has 23 heavy (non-hydrogen) atoms. The monoisotopic (exact) mass is 337 g/mol. The van der Waals surface area contributed by atoms with Crippen LogP contribution in [-0.2, 0) is 14.3 Å². The van der Waals surface area contributed by atoms with Crippen molar-refractivity contribution in [2.45, 2.75) is 12.5 Å². The lowest BCUT2D eigenvalue weighted by molar-refractivity contribution is -0.145. The van der Waals surface area contributed by atoms with Crippen molar-refractivity contribution in [1.82, 2.24) is 4.98 Å². The molecule has 0 amide bonds. The van der Waals surface area contributed by atoms with Gasteiger partial charge >= 0.3 is 5.97 Å². The van der Waals surface area contributed by atoms with Gasteiger partial charge in [0.25, 0.3) is 0 Å². The topological polar surface area (TPSA) is 84.2 Å². The first-order valence-electron chi connectivity index (χ1n) is 7.36. The first-order valence-corrected chi connectivity index (χ1v) is 8.35. The molecule has 1 saturated heterocycles. The van der Waals surface area contributed by atoms with E-state index in [4.69, 9.17) is 9.47 Å². The van der Waals surface area contributed by atoms with Gasteiger partial charge in [-0.3, -0.25) is 4.99 Å². The minimum atomic E-state index is -0.925. The van der Waals surface area contributed by atoms with E-state index in [9.17, 15) is 9.90 Å². The van der Waals surface area contributed by atoms with E-state index < -0.39 is 5.54 Å². The first-order chi connectivity index (χ1) is 11.0. The van der Waals surface area contributed by atoms with Crippen LogP contribution in [0.2, 0.25) is 0 Å². The Balaban J connectivity index is 1.84. The molecule has 1 fully saturated rings. The van der Waals surface area contributed by atoms with Crippen LogP contribution in [0.1, 0.15) is 12.6 Å². The van der Waals surface area contributed by atoms with Gasteiger partial charge in [0.05, 0.1) is 32.2 Å². The Morgan fingerprint density at radius 3 is 2.87 bits per heavy atom. The van der Waals surface area contributed by atoms with Gasteiger partial charge < -0.3 is 19.5 Å². The maximum atomic E-state index is 11.8. The average Bonchev–Trinajstić information content (AvgIpc) is 2.98. The van der Waals surface area contributed by atoms with Gasteiger partial charge in [-0.05, 0) is 6.92 Å². The van der Waals surface area contributed by atoms with E-state index in [2.05, 4.69) is 14.9 Å². The molecule has 7 nitrogen and oxygen atoms in total. The number of hydrogen-bond acceptors (Lipinski definition) is 8. The number of anilines is 1. The van der Waals surface area contributed by atoms with E-state index in [1.807, 2.05) is 0 Å². The van der Waals surface area contributed by atoms with Crippen LogP contribution in [0.5, 0.6) is 5.75 Å². The lowest BCUT2D eigenvalue weighted by Crippen LogP contribution is -2.36. The van der Waals surface area contributed by atoms with Crippen molar-refractivity contribution in [1.29, 1.82) is 0 Å². The lowest BCUT2D eigenvalue weighted by atomic mass is 10.1. The van der Waals surface area contributed by atoms with Crippen molar-refractivity contribution in [3.63, 3.8) is 0 Å². The second kappa shape index (κ2) is 6.37. The van der Waals surface area contributed by atoms with E-state index in [1.54, 1.807) is 19.2 Å². The smallest absolute Gasteiger partial charge is 0.334 e. The first kappa shape index (κ1) is 16.1. The molecule has 2 aliphatic rings. The number of esters is 1. The molecule has 0 aliphatic carbocycles. The summed E-state index contributed by atoms with van der Waals surface area (Å²) in [5.41, 5.74) is 0.333. The third-order valence-electron chi connectivity index (χ3n) is 3.90. The highest BCUT2D eigenvalue weighted by Gasteiger charge is 2.40. The number of nitrogens with zero attached hydrogens (tertiary/aromatic N) is 3. The second-order valence-electron chi connectivity index (χ2n) is 5.63. The molecule has 2 aliphatic heterocycles. The van der Waals surface area contributed by atoms with Gasteiger partial charge in [0.2, 0.25) is 0 Å². The summed E-state index contributed by atoms with van der Waals surface area (Å²) >= 11 is 1.39. The van der Waals surface area contributed by atoms with Gasteiger partial charge in [-0.1, -0.05) is 0 Å². The minimum absolute atomic E-state index is 0.0642. The number of carbonyl (C=O) groups excluding carboxylic acids is 1. The van der Waals surface area contributed by atoms with E-state index in [1.165, 1.54) is 18.9 Å². The molecule has 0 aromatic carbocycles. The van der Waals surface area contributed by atoms with Crippen LogP contribution in [0.3, 0.4) is 0 Å². The van der Waals surface area contributed by atoms with Gasteiger partial charge in [0.1, 0.15) is 16.5 Å². The fourth-order valence-corrected chi connectivity index (χ4v) is 3.71. The molecule has 1 aromatic heterocycles. The van der Waals surface area contributed by atoms with Crippen molar-refractivity contribution in [2.24, 2.45) is 4.99 Å². The highest BCUT2D eigenvalue weighted by atomic mass is 32.2. The maximum absolute atomic E-state index is 11.8. The Hall–Kier alpha value is -1.80. The summed E-state index contributed by atoms with van der Waals surface area (Å²) in [7, 11) is 1.35. The quantitative estimate of drug-likeness (QED) is 0.825. The zero-order chi connectivity index (χ0) is 16.4. The zero-order valence-corrected chi connectivity index (χ0v) is 13.9. The number of methoxy groups -OCH3 is 1. The van der Waals surface area contributed by atoms with E-state index >= 15 is 0 Å². The third kappa shape index (κ3) is 3.13. The van der Waals surface area contributed by atoms with Crippen LogP contribution in [0.15, 0.2) is 17.3 Å². The summed E-state index contributed by atoms with van der Waals surface area (Å²) in [4.78, 5) is 22.7. The molecule has 8 heteroatoms. The molecule has 124 valence electrons. The number of aliphatic imine (C=N–C) groups is 1. The van der Waals surface area contributed by atoms with Crippen molar-refractivity contribution >= 4 is 28.5 Å². The van der Waals surface area contributed by atoms with Crippen molar-refractivity contribution in [3.8, 4) is 5.75 Å². The van der Waals surface area contributed by atoms with Gasteiger partial charge in [0, 0.05) is 24.9 Å². The fourth-order valence-electron chi connectivity index (χ4n) is 2.55. The number of morpholine rings is 1. The van der Waals surface area contributed by atoms with Crippen LogP contribution in [0.25, 0.3) is 0 Å². The zero-order valence-electron chi connectivity index (χ0n) is 13.1. The number of pyridine rings is 1. The Morgan fingerprint density at radius 1 is 1.48 bits per heavy atom. The van der Waals surface area contributed by atoms with Gasteiger partial charge in [-0.2, -0.15) is 0 Å². The predicted octanol–water partition coefficient (Wildman–Crippen LogP) is 1.05. The van der Waals surface area contributed by atoms with Gasteiger partial charge in [-0.15, -0.1) is 11.8 Å². The van der Waals surface area contributed by atoms with Crippen LogP contribution >= 0.6 is 11.8 Å². The number of thioether (sulfide) groups is 1. The highest BCUT2D eigenvalue weighted by Crippen LogP contribution is 2.34. The van der Waals surface area contributed by atoms with Crippen molar-refractivity contribution in [3.05, 3.63) is 18.0 Å². The van der Waals surface area contributed by atoms with E-state index in [0.29, 0.717) is 29.7 Å². The molecule has 0 spiro atoms. The summed E-state index contributed by atoms with van der Waals surface area (Å²) in [5.74, 6) is 0.153. The van der Waals surface area contributed by atoms with Gasteiger partial charge in [-0.25, -0.2) is 9.78 Å². The maximum Gasteiger partial charge on any atom is 0.334 e. The number of rotatable bonds is 3. The molecule has 3 rings (SSSR count). The minimum Gasteiger partial charge on any atom is -0.506 e. The molecule has 1 atom stereocenters. The Bertz CT molecular complexity index is 646. The summed E-state index contributed by atoms with van der Waals surface area (Å²) in [6.07, 6.45) is 1.72. The Labute approximate surface area is 138 Å². The number of aromatic hydroxyl groups is 1. The van der Waals surface area contributed by atoms with E-state index in [-0.39, 0.29) is 11.7 Å². The predicted molar refractivity (Wildman–Crippen MR) is 88.3 cm³/mol.